The third-order valence-electron chi connectivity index (χ3n) is 2.89. The molecule has 2 N–H and O–H groups in total. The van der Waals surface area contributed by atoms with Gasteiger partial charge in [-0.2, -0.15) is 0 Å². The van der Waals surface area contributed by atoms with Crippen molar-refractivity contribution in [2.75, 3.05) is 5.32 Å². The molecular weight excluding hydrogens is 412 g/mol. The lowest BCUT2D eigenvalue weighted by atomic mass is 10.2. The monoisotopic (exact) mass is 426 g/mol. The Kier molecular flexibility index (Phi) is 6.60. The number of rotatable bonds is 4. The number of hydrogen-bond donors (Lipinski definition) is 2. The quantitative estimate of drug-likeness (QED) is 0.673. The van der Waals surface area contributed by atoms with Crippen LogP contribution >= 0.6 is 39.7 Å². The first-order valence-corrected chi connectivity index (χ1v) is 8.77. The van der Waals surface area contributed by atoms with Crippen LogP contribution in [0.5, 0.6) is 5.75 Å². The van der Waals surface area contributed by atoms with Crippen LogP contribution in [0.2, 0.25) is 5.02 Å². The first kappa shape index (κ1) is 18.7. The van der Waals surface area contributed by atoms with E-state index in [2.05, 4.69) is 26.6 Å². The SMILES string of the molecule is CC(C)Oc1ccc(C(=O)NC(=S)Nc2ccc(Cl)cc2)cc1Br. The number of nitrogens with one attached hydrogen (secondary N) is 2. The summed E-state index contributed by atoms with van der Waals surface area (Å²) >= 11 is 14.4. The standard InChI is InChI=1S/C17H16BrClN2O2S/c1-10(2)23-15-8-3-11(9-14(15)18)16(22)21-17(24)20-13-6-4-12(19)5-7-13/h3-10H,1-2H3,(H2,20,21,22,24). The van der Waals surface area contributed by atoms with Crippen LogP contribution in [0.4, 0.5) is 5.69 Å². The van der Waals surface area contributed by atoms with E-state index in [0.29, 0.717) is 20.8 Å². The van der Waals surface area contributed by atoms with Crippen LogP contribution in [-0.4, -0.2) is 17.1 Å². The molecule has 0 radical (unpaired) electrons. The number of halogens is 2. The first-order valence-electron chi connectivity index (χ1n) is 7.19. The lowest BCUT2D eigenvalue weighted by Crippen LogP contribution is -2.34. The van der Waals surface area contributed by atoms with Gasteiger partial charge < -0.3 is 10.1 Å². The Hall–Kier alpha value is -1.63. The normalized spacial score (nSPS) is 10.4. The minimum Gasteiger partial charge on any atom is -0.490 e. The van der Waals surface area contributed by atoms with Gasteiger partial charge in [-0.25, -0.2) is 0 Å². The topological polar surface area (TPSA) is 50.4 Å². The van der Waals surface area contributed by atoms with Crippen molar-refractivity contribution in [2.45, 2.75) is 20.0 Å². The van der Waals surface area contributed by atoms with Crippen molar-refractivity contribution in [3.63, 3.8) is 0 Å². The first-order chi connectivity index (χ1) is 11.3. The third-order valence-corrected chi connectivity index (χ3v) is 3.96. The Bertz CT molecular complexity index is 751. The number of benzene rings is 2. The molecule has 24 heavy (non-hydrogen) atoms. The highest BCUT2D eigenvalue weighted by Gasteiger charge is 2.11. The summed E-state index contributed by atoms with van der Waals surface area (Å²) in [4.78, 5) is 12.3. The second-order valence-corrected chi connectivity index (χ2v) is 6.93. The van der Waals surface area contributed by atoms with Gasteiger partial charge in [0.1, 0.15) is 5.75 Å². The summed E-state index contributed by atoms with van der Waals surface area (Å²) in [5.74, 6) is 0.377. The highest BCUT2D eigenvalue weighted by atomic mass is 79.9. The Labute approximate surface area is 159 Å². The zero-order valence-corrected chi connectivity index (χ0v) is 16.3. The lowest BCUT2D eigenvalue weighted by Gasteiger charge is -2.13. The van der Waals surface area contributed by atoms with Gasteiger partial charge in [-0.1, -0.05) is 11.6 Å². The molecule has 0 fully saturated rings. The largest absolute Gasteiger partial charge is 0.490 e. The van der Waals surface area contributed by atoms with Gasteiger partial charge in [-0.05, 0) is 84.5 Å². The van der Waals surface area contributed by atoms with E-state index in [9.17, 15) is 4.79 Å². The van der Waals surface area contributed by atoms with Gasteiger partial charge in [0, 0.05) is 16.3 Å². The molecule has 0 saturated heterocycles. The van der Waals surface area contributed by atoms with Gasteiger partial charge >= 0.3 is 0 Å². The number of ether oxygens (including phenoxy) is 1. The van der Waals surface area contributed by atoms with Crippen LogP contribution in [0.15, 0.2) is 46.9 Å². The zero-order valence-electron chi connectivity index (χ0n) is 13.1. The molecule has 0 spiro atoms. The molecule has 7 heteroatoms. The molecule has 2 aromatic rings. The second kappa shape index (κ2) is 8.46. The molecule has 0 aliphatic rings. The van der Waals surface area contributed by atoms with E-state index in [1.54, 1.807) is 42.5 Å². The molecule has 0 unspecified atom stereocenters. The van der Waals surface area contributed by atoms with Crippen molar-refractivity contribution < 1.29 is 9.53 Å². The fraction of sp³-hybridized carbons (Fsp3) is 0.176. The second-order valence-electron chi connectivity index (χ2n) is 5.23. The Balaban J connectivity index is 1.99. The molecule has 0 saturated carbocycles. The number of carbonyl (C=O) groups excluding carboxylic acids is 1. The maximum Gasteiger partial charge on any atom is 0.257 e. The summed E-state index contributed by atoms with van der Waals surface area (Å²) in [6, 6.07) is 12.1. The maximum atomic E-state index is 12.3. The fourth-order valence-electron chi connectivity index (χ4n) is 1.86. The van der Waals surface area contributed by atoms with Gasteiger partial charge in [0.15, 0.2) is 5.11 Å². The minimum atomic E-state index is -0.307. The van der Waals surface area contributed by atoms with Gasteiger partial charge in [0.05, 0.1) is 10.6 Å². The number of hydrogen-bond acceptors (Lipinski definition) is 3. The maximum absolute atomic E-state index is 12.3. The predicted octanol–water partition coefficient (Wildman–Crippen LogP) is 5.02. The number of thiocarbonyl (C=S) groups is 1. The minimum absolute atomic E-state index is 0.0529. The van der Waals surface area contributed by atoms with E-state index in [1.807, 2.05) is 13.8 Å². The third kappa shape index (κ3) is 5.47. The summed E-state index contributed by atoms with van der Waals surface area (Å²) < 4.78 is 6.33. The molecular formula is C17H16BrClN2O2S. The summed E-state index contributed by atoms with van der Waals surface area (Å²) in [6.45, 7) is 3.88. The predicted molar refractivity (Wildman–Crippen MR) is 105 cm³/mol. The molecule has 0 aliphatic carbocycles. The Morgan fingerprint density at radius 1 is 1.21 bits per heavy atom. The van der Waals surface area contributed by atoms with Crippen LogP contribution in [0, 0.1) is 0 Å². The van der Waals surface area contributed by atoms with E-state index in [-0.39, 0.29) is 17.1 Å². The average molecular weight is 428 g/mol. The molecule has 0 aromatic heterocycles. The van der Waals surface area contributed by atoms with E-state index in [0.717, 1.165) is 5.69 Å². The van der Waals surface area contributed by atoms with Crippen LogP contribution in [0.25, 0.3) is 0 Å². The molecule has 2 aromatic carbocycles. The summed E-state index contributed by atoms with van der Waals surface area (Å²) in [5, 5.41) is 6.40. The zero-order chi connectivity index (χ0) is 17.7. The van der Waals surface area contributed by atoms with E-state index in [4.69, 9.17) is 28.6 Å². The lowest BCUT2D eigenvalue weighted by molar-refractivity contribution is 0.0977. The summed E-state index contributed by atoms with van der Waals surface area (Å²) in [6.07, 6.45) is 0.0529. The van der Waals surface area contributed by atoms with Crippen molar-refractivity contribution in [1.29, 1.82) is 0 Å². The van der Waals surface area contributed by atoms with Crippen LogP contribution < -0.4 is 15.4 Å². The number of amides is 1. The number of anilines is 1. The Morgan fingerprint density at radius 3 is 2.46 bits per heavy atom. The van der Waals surface area contributed by atoms with Crippen molar-refractivity contribution in [3.8, 4) is 5.75 Å². The van der Waals surface area contributed by atoms with Crippen molar-refractivity contribution in [2.24, 2.45) is 0 Å². The molecule has 0 heterocycles. The molecule has 4 nitrogen and oxygen atoms in total. The highest BCUT2D eigenvalue weighted by molar-refractivity contribution is 9.10. The van der Waals surface area contributed by atoms with Crippen LogP contribution in [0.1, 0.15) is 24.2 Å². The Morgan fingerprint density at radius 2 is 1.88 bits per heavy atom. The van der Waals surface area contributed by atoms with E-state index in [1.165, 1.54) is 0 Å². The number of carbonyl (C=O) groups is 1. The van der Waals surface area contributed by atoms with Gasteiger partial charge in [0.25, 0.3) is 5.91 Å². The average Bonchev–Trinajstić information content (AvgIpc) is 2.51. The smallest absolute Gasteiger partial charge is 0.257 e. The molecule has 1 amide bonds. The van der Waals surface area contributed by atoms with Crippen LogP contribution in [-0.2, 0) is 0 Å². The summed E-state index contributed by atoms with van der Waals surface area (Å²) in [7, 11) is 0. The molecule has 0 aliphatic heterocycles. The fourth-order valence-corrected chi connectivity index (χ4v) is 2.67. The van der Waals surface area contributed by atoms with Gasteiger partial charge in [-0.3, -0.25) is 10.1 Å². The highest BCUT2D eigenvalue weighted by Crippen LogP contribution is 2.27. The molecule has 2 rings (SSSR count). The molecule has 126 valence electrons. The van der Waals surface area contributed by atoms with Crippen LogP contribution in [0.3, 0.4) is 0 Å². The van der Waals surface area contributed by atoms with Crippen molar-refractivity contribution in [1.82, 2.24) is 5.32 Å². The van der Waals surface area contributed by atoms with Gasteiger partial charge in [0.2, 0.25) is 0 Å². The van der Waals surface area contributed by atoms with E-state index >= 15 is 0 Å². The van der Waals surface area contributed by atoms with E-state index < -0.39 is 0 Å². The van der Waals surface area contributed by atoms with Crippen molar-refractivity contribution in [3.05, 3.63) is 57.5 Å². The summed E-state index contributed by atoms with van der Waals surface area (Å²) in [5.41, 5.74) is 1.21. The van der Waals surface area contributed by atoms with Crippen molar-refractivity contribution >= 4 is 56.5 Å². The van der Waals surface area contributed by atoms with Gasteiger partial charge in [-0.15, -0.1) is 0 Å². The molecule has 0 bridgehead atoms. The molecule has 0 atom stereocenters.